The molecule has 1 N–H and O–H groups in total. The molecule has 98 valence electrons. The second kappa shape index (κ2) is 4.61. The highest BCUT2D eigenvalue weighted by molar-refractivity contribution is 5.62. The summed E-state index contributed by atoms with van der Waals surface area (Å²) in [5.41, 5.74) is 2.80. The number of aromatic nitrogens is 2. The van der Waals surface area contributed by atoms with Gasteiger partial charge in [0.15, 0.2) is 5.82 Å². The number of nitrogens with one attached hydrogen (secondary N) is 1. The Morgan fingerprint density at radius 3 is 2.68 bits per heavy atom. The Labute approximate surface area is 111 Å². The smallest absolute Gasteiger partial charge is 0.162 e. The number of aryl methyl sites for hydroxylation is 1. The predicted molar refractivity (Wildman–Crippen MR) is 73.7 cm³/mol. The minimum Gasteiger partial charge on any atom is -0.373 e. The zero-order valence-corrected chi connectivity index (χ0v) is 11.1. The number of benzene rings is 1. The molecule has 0 spiro atoms. The Balaban J connectivity index is 2.12. The van der Waals surface area contributed by atoms with Gasteiger partial charge in [-0.3, -0.25) is 0 Å². The molecule has 0 unspecified atom stereocenters. The van der Waals surface area contributed by atoms with Crippen molar-refractivity contribution in [2.75, 3.05) is 12.4 Å². The molecule has 1 aliphatic carbocycles. The van der Waals surface area contributed by atoms with Crippen molar-refractivity contribution < 1.29 is 4.39 Å². The van der Waals surface area contributed by atoms with Gasteiger partial charge < -0.3 is 5.32 Å². The van der Waals surface area contributed by atoms with Crippen LogP contribution >= 0.6 is 0 Å². The van der Waals surface area contributed by atoms with Crippen LogP contribution in [0, 0.1) is 12.7 Å². The van der Waals surface area contributed by atoms with Crippen molar-refractivity contribution >= 4 is 5.82 Å². The van der Waals surface area contributed by atoms with E-state index in [1.807, 2.05) is 20.0 Å². The first-order valence-electron chi connectivity index (χ1n) is 6.50. The van der Waals surface area contributed by atoms with Gasteiger partial charge in [-0.25, -0.2) is 14.4 Å². The quantitative estimate of drug-likeness (QED) is 0.914. The van der Waals surface area contributed by atoms with Gasteiger partial charge >= 0.3 is 0 Å². The first kappa shape index (κ1) is 12.1. The first-order chi connectivity index (χ1) is 9.17. The summed E-state index contributed by atoms with van der Waals surface area (Å²) < 4.78 is 13.4. The molecule has 19 heavy (non-hydrogen) atoms. The highest BCUT2D eigenvalue weighted by atomic mass is 19.1. The molecular formula is C15H16FN3. The highest BCUT2D eigenvalue weighted by Crippen LogP contribution is 2.40. The lowest BCUT2D eigenvalue weighted by molar-refractivity contribution is 0.627. The molecule has 1 heterocycles. The van der Waals surface area contributed by atoms with Crippen LogP contribution in [0.2, 0.25) is 0 Å². The van der Waals surface area contributed by atoms with Crippen molar-refractivity contribution in [2.24, 2.45) is 0 Å². The highest BCUT2D eigenvalue weighted by Gasteiger charge is 2.26. The average molecular weight is 257 g/mol. The van der Waals surface area contributed by atoms with E-state index in [0.717, 1.165) is 22.6 Å². The van der Waals surface area contributed by atoms with Crippen molar-refractivity contribution in [1.29, 1.82) is 0 Å². The van der Waals surface area contributed by atoms with E-state index < -0.39 is 0 Å². The van der Waals surface area contributed by atoms with E-state index in [2.05, 4.69) is 15.3 Å². The minimum atomic E-state index is -0.257. The first-order valence-corrected chi connectivity index (χ1v) is 6.50. The summed E-state index contributed by atoms with van der Waals surface area (Å²) in [5.74, 6) is 1.68. The third-order valence-corrected chi connectivity index (χ3v) is 3.44. The Morgan fingerprint density at radius 1 is 1.21 bits per heavy atom. The lowest BCUT2D eigenvalue weighted by atomic mass is 10.1. The fourth-order valence-corrected chi connectivity index (χ4v) is 2.14. The van der Waals surface area contributed by atoms with E-state index >= 15 is 0 Å². The van der Waals surface area contributed by atoms with Gasteiger partial charge in [0, 0.05) is 30.3 Å². The van der Waals surface area contributed by atoms with Crippen LogP contribution in [0.3, 0.4) is 0 Å². The molecule has 0 amide bonds. The molecule has 1 aliphatic rings. The molecule has 1 aromatic heterocycles. The van der Waals surface area contributed by atoms with Gasteiger partial charge in [0.25, 0.3) is 0 Å². The summed E-state index contributed by atoms with van der Waals surface area (Å²) in [4.78, 5) is 9.04. The van der Waals surface area contributed by atoms with Crippen LogP contribution in [-0.2, 0) is 0 Å². The Hall–Kier alpha value is -1.97. The molecular weight excluding hydrogens is 241 g/mol. The number of hydrogen-bond acceptors (Lipinski definition) is 3. The van der Waals surface area contributed by atoms with E-state index in [1.54, 1.807) is 6.07 Å². The minimum absolute atomic E-state index is 0.257. The number of anilines is 1. The maximum atomic E-state index is 13.4. The topological polar surface area (TPSA) is 37.8 Å². The van der Waals surface area contributed by atoms with Crippen LogP contribution in [0.15, 0.2) is 24.3 Å². The van der Waals surface area contributed by atoms with Gasteiger partial charge in [0.2, 0.25) is 0 Å². The van der Waals surface area contributed by atoms with E-state index in [9.17, 15) is 4.39 Å². The van der Waals surface area contributed by atoms with Crippen LogP contribution in [0.1, 0.15) is 30.0 Å². The lowest BCUT2D eigenvalue weighted by Crippen LogP contribution is -2.01. The van der Waals surface area contributed by atoms with Crippen molar-refractivity contribution in [1.82, 2.24) is 9.97 Å². The number of nitrogens with zero attached hydrogens (tertiary/aromatic N) is 2. The second-order valence-electron chi connectivity index (χ2n) is 4.99. The summed E-state index contributed by atoms with van der Waals surface area (Å²) in [6.07, 6.45) is 2.36. The van der Waals surface area contributed by atoms with E-state index in [-0.39, 0.29) is 5.82 Å². The SMILES string of the molecule is CNc1cc(C2CC2)nc(-c2cc(F)ccc2C)n1. The molecule has 3 nitrogen and oxygen atoms in total. The van der Waals surface area contributed by atoms with Crippen LogP contribution in [-0.4, -0.2) is 17.0 Å². The third kappa shape index (κ3) is 2.43. The van der Waals surface area contributed by atoms with Gasteiger partial charge in [0.1, 0.15) is 11.6 Å². The molecule has 0 aliphatic heterocycles. The summed E-state index contributed by atoms with van der Waals surface area (Å²) in [6, 6.07) is 6.70. The van der Waals surface area contributed by atoms with Crippen LogP contribution in [0.25, 0.3) is 11.4 Å². The lowest BCUT2D eigenvalue weighted by Gasteiger charge is -2.09. The predicted octanol–water partition coefficient (Wildman–Crippen LogP) is 3.51. The number of hydrogen-bond donors (Lipinski definition) is 1. The van der Waals surface area contributed by atoms with Crippen LogP contribution in [0.4, 0.5) is 10.2 Å². The molecule has 0 atom stereocenters. The Bertz CT molecular complexity index is 621. The van der Waals surface area contributed by atoms with Gasteiger partial charge in [-0.2, -0.15) is 0 Å². The summed E-state index contributed by atoms with van der Waals surface area (Å²) in [6.45, 7) is 1.95. The Morgan fingerprint density at radius 2 is 2.00 bits per heavy atom. The van der Waals surface area contributed by atoms with Crippen molar-refractivity contribution in [2.45, 2.75) is 25.7 Å². The van der Waals surface area contributed by atoms with Gasteiger partial charge in [0.05, 0.1) is 0 Å². The standard InChI is InChI=1S/C15H16FN3/c1-9-3-6-11(16)7-12(9)15-18-13(10-4-5-10)8-14(17-2)19-15/h3,6-8,10H,4-5H2,1-2H3,(H,17,18,19). The molecule has 1 fully saturated rings. The van der Waals surface area contributed by atoms with Crippen molar-refractivity contribution in [3.8, 4) is 11.4 Å². The van der Waals surface area contributed by atoms with E-state index in [1.165, 1.54) is 25.0 Å². The monoisotopic (exact) mass is 257 g/mol. The van der Waals surface area contributed by atoms with Crippen molar-refractivity contribution in [3.63, 3.8) is 0 Å². The van der Waals surface area contributed by atoms with Gasteiger partial charge in [-0.1, -0.05) is 6.07 Å². The summed E-state index contributed by atoms with van der Waals surface area (Å²) in [7, 11) is 1.83. The van der Waals surface area contributed by atoms with Gasteiger partial charge in [-0.05, 0) is 37.5 Å². The maximum absolute atomic E-state index is 13.4. The van der Waals surface area contributed by atoms with E-state index in [4.69, 9.17) is 0 Å². The largest absolute Gasteiger partial charge is 0.373 e. The summed E-state index contributed by atoms with van der Waals surface area (Å²) >= 11 is 0. The van der Waals surface area contributed by atoms with Crippen molar-refractivity contribution in [3.05, 3.63) is 41.3 Å². The maximum Gasteiger partial charge on any atom is 0.162 e. The number of rotatable bonds is 3. The van der Waals surface area contributed by atoms with Crippen LogP contribution < -0.4 is 5.32 Å². The normalized spacial score (nSPS) is 14.5. The van der Waals surface area contributed by atoms with Gasteiger partial charge in [-0.15, -0.1) is 0 Å². The molecule has 0 radical (unpaired) electrons. The van der Waals surface area contributed by atoms with E-state index in [0.29, 0.717) is 11.7 Å². The molecule has 2 aromatic rings. The van der Waals surface area contributed by atoms with Crippen LogP contribution in [0.5, 0.6) is 0 Å². The fourth-order valence-electron chi connectivity index (χ4n) is 2.14. The average Bonchev–Trinajstić information content (AvgIpc) is 3.25. The molecule has 4 heteroatoms. The summed E-state index contributed by atoms with van der Waals surface area (Å²) in [5, 5.41) is 3.05. The number of halogens is 1. The third-order valence-electron chi connectivity index (χ3n) is 3.44. The zero-order chi connectivity index (χ0) is 13.4. The zero-order valence-electron chi connectivity index (χ0n) is 11.1. The molecule has 0 saturated heterocycles. The molecule has 1 aromatic carbocycles. The second-order valence-corrected chi connectivity index (χ2v) is 4.99. The molecule has 3 rings (SSSR count). The molecule has 0 bridgehead atoms. The fraction of sp³-hybridized carbons (Fsp3) is 0.333. The Kier molecular flexibility index (Phi) is 2.93. The molecule has 1 saturated carbocycles.